The van der Waals surface area contributed by atoms with E-state index < -0.39 is 35.2 Å². The minimum atomic E-state index is -4.92. The fourth-order valence-electron chi connectivity index (χ4n) is 2.48. The summed E-state index contributed by atoms with van der Waals surface area (Å²) in [5.41, 5.74) is -1.63. The molecule has 0 atom stereocenters. The molecule has 2 rings (SSSR count). The molecule has 5 nitrogen and oxygen atoms in total. The van der Waals surface area contributed by atoms with E-state index in [1.54, 1.807) is 13.0 Å². The highest BCUT2D eigenvalue weighted by Gasteiger charge is 2.41. The van der Waals surface area contributed by atoms with Crippen LogP contribution in [0.1, 0.15) is 18.2 Å². The normalized spacial score (nSPS) is 12.1. The van der Waals surface area contributed by atoms with Crippen LogP contribution in [-0.2, 0) is 22.4 Å². The topological polar surface area (TPSA) is 56.4 Å². The lowest BCUT2D eigenvalue weighted by atomic mass is 10.1. The van der Waals surface area contributed by atoms with Gasteiger partial charge in [-0.05, 0) is 52.7 Å². The molecule has 2 aromatic rings. The van der Waals surface area contributed by atoms with E-state index in [9.17, 15) is 31.6 Å². The van der Waals surface area contributed by atoms with Gasteiger partial charge in [-0.1, -0.05) is 0 Å². The van der Waals surface area contributed by atoms with Gasteiger partial charge in [-0.2, -0.15) is 18.4 Å². The van der Waals surface area contributed by atoms with Crippen molar-refractivity contribution >= 4 is 15.9 Å². The van der Waals surface area contributed by atoms with Crippen molar-refractivity contribution in [1.29, 1.82) is 5.26 Å². The van der Waals surface area contributed by atoms with Crippen LogP contribution in [0.25, 0.3) is 11.3 Å². The fourth-order valence-corrected chi connectivity index (χ4v) is 3.20. The molecule has 0 amide bonds. The summed E-state index contributed by atoms with van der Waals surface area (Å²) in [6, 6.07) is 5.78. The van der Waals surface area contributed by atoms with Crippen molar-refractivity contribution < 1.29 is 40.6 Å². The number of benzene rings is 1. The SMILES string of the molecule is CCOCOCn1c(-c2ccc(OC(F)(F)F)cc2)c(C#N)c(Br)c1C(F)(F)F. The van der Waals surface area contributed by atoms with E-state index in [-0.39, 0.29) is 30.2 Å². The lowest BCUT2D eigenvalue weighted by Crippen LogP contribution is -2.17. The zero-order chi connectivity index (χ0) is 21.8. The second-order valence-electron chi connectivity index (χ2n) is 5.44. The average Bonchev–Trinajstić information content (AvgIpc) is 2.89. The maximum Gasteiger partial charge on any atom is 0.573 e. The highest BCUT2D eigenvalue weighted by Crippen LogP contribution is 2.43. The highest BCUT2D eigenvalue weighted by molar-refractivity contribution is 9.10. The second kappa shape index (κ2) is 9.06. The maximum absolute atomic E-state index is 13.6. The number of aromatic nitrogens is 1. The predicted molar refractivity (Wildman–Crippen MR) is 91.5 cm³/mol. The monoisotopic (exact) mass is 486 g/mol. The summed E-state index contributed by atoms with van der Waals surface area (Å²) in [5, 5.41) is 9.38. The number of hydrogen-bond acceptors (Lipinski definition) is 4. The Balaban J connectivity index is 2.55. The molecule has 12 heteroatoms. The van der Waals surface area contributed by atoms with Gasteiger partial charge in [0.2, 0.25) is 0 Å². The molecule has 1 aromatic heterocycles. The van der Waals surface area contributed by atoms with Crippen molar-refractivity contribution in [2.24, 2.45) is 0 Å². The first-order chi connectivity index (χ1) is 13.5. The van der Waals surface area contributed by atoms with Crippen LogP contribution in [0.2, 0.25) is 0 Å². The molecule has 0 saturated carbocycles. The lowest BCUT2D eigenvalue weighted by Gasteiger charge is -2.16. The molecule has 0 radical (unpaired) electrons. The molecule has 0 aliphatic heterocycles. The van der Waals surface area contributed by atoms with Gasteiger partial charge in [0, 0.05) is 6.61 Å². The Morgan fingerprint density at radius 3 is 2.17 bits per heavy atom. The van der Waals surface area contributed by atoms with Crippen molar-refractivity contribution in [3.63, 3.8) is 0 Å². The first kappa shape index (κ1) is 23.1. The number of ether oxygens (including phenoxy) is 3. The third kappa shape index (κ3) is 5.65. The van der Waals surface area contributed by atoms with E-state index in [1.165, 1.54) is 0 Å². The molecule has 0 unspecified atom stereocenters. The molecule has 0 aliphatic carbocycles. The van der Waals surface area contributed by atoms with Crippen LogP contribution in [0, 0.1) is 11.3 Å². The summed E-state index contributed by atoms with van der Waals surface area (Å²) in [6.45, 7) is 1.05. The standard InChI is InChI=1S/C17H13BrF6N2O3/c1-2-27-9-28-8-26-14(12(7-25)13(18)15(26)16(19,20)21)10-3-5-11(6-4-10)29-17(22,23)24/h3-6H,2,8-9H2,1H3. The summed E-state index contributed by atoms with van der Waals surface area (Å²) in [5.74, 6) is -0.555. The van der Waals surface area contributed by atoms with Crippen LogP contribution in [0.4, 0.5) is 26.3 Å². The fraction of sp³-hybridized carbons (Fsp3) is 0.353. The van der Waals surface area contributed by atoms with Crippen molar-refractivity contribution in [3.8, 4) is 23.1 Å². The molecule has 158 valence electrons. The second-order valence-corrected chi connectivity index (χ2v) is 6.23. The Hall–Kier alpha value is -2.23. The number of nitrogens with zero attached hydrogens (tertiary/aromatic N) is 2. The van der Waals surface area contributed by atoms with Crippen molar-refractivity contribution in [2.45, 2.75) is 26.2 Å². The molecular weight excluding hydrogens is 474 g/mol. The van der Waals surface area contributed by atoms with Gasteiger partial charge in [0.05, 0.1) is 15.7 Å². The number of hydrogen-bond donors (Lipinski definition) is 0. The van der Waals surface area contributed by atoms with Crippen molar-refractivity contribution in [2.75, 3.05) is 13.4 Å². The first-order valence-electron chi connectivity index (χ1n) is 7.90. The molecule has 29 heavy (non-hydrogen) atoms. The van der Waals surface area contributed by atoms with Gasteiger partial charge < -0.3 is 18.8 Å². The smallest absolute Gasteiger partial charge is 0.406 e. The third-order valence-corrected chi connectivity index (χ3v) is 4.31. The first-order valence-corrected chi connectivity index (χ1v) is 8.69. The van der Waals surface area contributed by atoms with Gasteiger partial charge in [-0.25, -0.2) is 0 Å². The summed E-state index contributed by atoms with van der Waals surface area (Å²) < 4.78 is 91.7. The van der Waals surface area contributed by atoms with E-state index in [1.807, 2.05) is 0 Å². The Labute approximate surface area is 169 Å². The Morgan fingerprint density at radius 2 is 1.69 bits per heavy atom. The number of alkyl halides is 6. The number of halogens is 7. The molecule has 0 saturated heterocycles. The van der Waals surface area contributed by atoms with Crippen molar-refractivity contribution in [3.05, 3.63) is 40.0 Å². The van der Waals surface area contributed by atoms with E-state index in [2.05, 4.69) is 20.7 Å². The van der Waals surface area contributed by atoms with Gasteiger partial charge in [-0.15, -0.1) is 13.2 Å². The molecule has 0 aliphatic rings. The molecule has 1 aromatic carbocycles. The van der Waals surface area contributed by atoms with Gasteiger partial charge in [-0.3, -0.25) is 0 Å². The zero-order valence-corrected chi connectivity index (χ0v) is 16.3. The average molecular weight is 487 g/mol. The number of rotatable bonds is 7. The number of nitriles is 1. The van der Waals surface area contributed by atoms with Crippen LogP contribution in [-0.4, -0.2) is 24.3 Å². The molecule has 0 fully saturated rings. The predicted octanol–water partition coefficient (Wildman–Crippen LogP) is 5.67. The van der Waals surface area contributed by atoms with Gasteiger partial charge in [0.25, 0.3) is 0 Å². The van der Waals surface area contributed by atoms with Crippen LogP contribution in [0.5, 0.6) is 5.75 Å². The van der Waals surface area contributed by atoms with E-state index in [4.69, 9.17) is 9.47 Å². The van der Waals surface area contributed by atoms with E-state index in [0.29, 0.717) is 4.57 Å². The van der Waals surface area contributed by atoms with E-state index >= 15 is 0 Å². The highest BCUT2D eigenvalue weighted by atomic mass is 79.9. The van der Waals surface area contributed by atoms with Gasteiger partial charge in [0.15, 0.2) is 0 Å². The molecule has 1 heterocycles. The molecule has 0 bridgehead atoms. The summed E-state index contributed by atoms with van der Waals surface area (Å²) in [6.07, 6.45) is -9.75. The maximum atomic E-state index is 13.6. The third-order valence-electron chi connectivity index (χ3n) is 3.54. The van der Waals surface area contributed by atoms with Crippen LogP contribution < -0.4 is 4.74 Å². The molecule has 0 N–H and O–H groups in total. The Morgan fingerprint density at radius 1 is 1.07 bits per heavy atom. The summed E-state index contributed by atoms with van der Waals surface area (Å²) in [7, 11) is 0. The minimum absolute atomic E-state index is 0.0623. The largest absolute Gasteiger partial charge is 0.573 e. The molecule has 0 spiro atoms. The minimum Gasteiger partial charge on any atom is -0.406 e. The van der Waals surface area contributed by atoms with Gasteiger partial charge in [0.1, 0.15) is 31.0 Å². The summed E-state index contributed by atoms with van der Waals surface area (Å²) >= 11 is 2.80. The quantitative estimate of drug-likeness (QED) is 0.287. The molecular formula is C17H13BrF6N2O3. The summed E-state index contributed by atoms with van der Waals surface area (Å²) in [4.78, 5) is 0. The van der Waals surface area contributed by atoms with E-state index in [0.717, 1.165) is 24.3 Å². The van der Waals surface area contributed by atoms with Crippen molar-refractivity contribution in [1.82, 2.24) is 4.57 Å². The Kier molecular flexibility index (Phi) is 7.20. The van der Waals surface area contributed by atoms with Crippen LogP contribution in [0.15, 0.2) is 28.7 Å². The van der Waals surface area contributed by atoms with Crippen LogP contribution >= 0.6 is 15.9 Å². The zero-order valence-electron chi connectivity index (χ0n) is 14.7. The Bertz CT molecular complexity index is 885. The van der Waals surface area contributed by atoms with Gasteiger partial charge >= 0.3 is 12.5 Å². The lowest BCUT2D eigenvalue weighted by molar-refractivity contribution is -0.274. The van der Waals surface area contributed by atoms with Crippen LogP contribution in [0.3, 0.4) is 0 Å².